The second kappa shape index (κ2) is 9.70. The van der Waals surface area contributed by atoms with Gasteiger partial charge in [0.05, 0.1) is 12.1 Å². The number of carbonyl (C=O) groups excluding carboxylic acids is 1. The van der Waals surface area contributed by atoms with E-state index in [-0.39, 0.29) is 12.3 Å². The third-order valence-corrected chi connectivity index (χ3v) is 5.52. The number of amides is 1. The Morgan fingerprint density at radius 2 is 1.72 bits per heavy atom. The van der Waals surface area contributed by atoms with E-state index in [0.717, 1.165) is 29.2 Å². The molecule has 25 heavy (non-hydrogen) atoms. The van der Waals surface area contributed by atoms with Crippen molar-refractivity contribution in [2.75, 3.05) is 0 Å². The highest BCUT2D eigenvalue weighted by Crippen LogP contribution is 2.15. The maximum absolute atomic E-state index is 12.2. The van der Waals surface area contributed by atoms with E-state index >= 15 is 0 Å². The van der Waals surface area contributed by atoms with Crippen LogP contribution in [0.1, 0.15) is 76.3 Å². The zero-order valence-corrected chi connectivity index (χ0v) is 15.7. The number of hydrazone groups is 1. The predicted molar refractivity (Wildman–Crippen MR) is 103 cm³/mol. The van der Waals surface area contributed by atoms with E-state index in [4.69, 9.17) is 0 Å². The molecule has 1 amide bonds. The first-order valence-corrected chi connectivity index (χ1v) is 10.4. The zero-order chi connectivity index (χ0) is 17.3. The average Bonchev–Trinajstić information content (AvgIpc) is 3.15. The molecule has 0 aliphatic heterocycles. The summed E-state index contributed by atoms with van der Waals surface area (Å²) in [5.41, 5.74) is 4.70. The van der Waals surface area contributed by atoms with Crippen LogP contribution in [0, 0.1) is 0 Å². The molecule has 1 N–H and O–H groups in total. The number of thiazole rings is 1. The van der Waals surface area contributed by atoms with Gasteiger partial charge in [-0.25, -0.2) is 10.4 Å². The van der Waals surface area contributed by atoms with Gasteiger partial charge in [0.2, 0.25) is 5.91 Å². The number of nitrogens with one attached hydrogen (secondary N) is 1. The molecule has 2 aromatic rings. The van der Waals surface area contributed by atoms with E-state index in [0.29, 0.717) is 0 Å². The molecule has 3 rings (SSSR count). The molecule has 1 aliphatic carbocycles. The third-order valence-electron chi connectivity index (χ3n) is 4.75. The zero-order valence-electron chi connectivity index (χ0n) is 14.9. The maximum atomic E-state index is 12.2. The maximum Gasteiger partial charge on any atom is 0.246 e. The van der Waals surface area contributed by atoms with E-state index in [1.165, 1.54) is 57.8 Å². The van der Waals surface area contributed by atoms with Crippen LogP contribution >= 0.6 is 11.3 Å². The van der Waals surface area contributed by atoms with Gasteiger partial charge < -0.3 is 0 Å². The minimum atomic E-state index is -0.0793. The number of aromatic nitrogens is 2. The number of hydrogen-bond acceptors (Lipinski definition) is 4. The van der Waals surface area contributed by atoms with Crippen LogP contribution in [0.5, 0.6) is 0 Å². The fourth-order valence-electron chi connectivity index (χ4n) is 3.34. The highest BCUT2D eigenvalue weighted by atomic mass is 32.1. The highest BCUT2D eigenvalue weighted by Gasteiger charge is 2.09. The second-order valence-corrected chi connectivity index (χ2v) is 7.77. The van der Waals surface area contributed by atoms with Gasteiger partial charge in [-0.05, 0) is 25.7 Å². The lowest BCUT2D eigenvalue weighted by molar-refractivity contribution is -0.120. The summed E-state index contributed by atoms with van der Waals surface area (Å²) in [5, 5.41) is 6.42. The highest BCUT2D eigenvalue weighted by molar-refractivity contribution is 7.15. The van der Waals surface area contributed by atoms with Crippen molar-refractivity contribution in [3.05, 3.63) is 23.5 Å². The minimum Gasteiger partial charge on any atom is -0.297 e. The lowest BCUT2D eigenvalue weighted by Crippen LogP contribution is -2.22. The fourth-order valence-corrected chi connectivity index (χ4v) is 4.06. The van der Waals surface area contributed by atoms with Crippen LogP contribution < -0.4 is 5.43 Å². The molecule has 1 aliphatic rings. The van der Waals surface area contributed by atoms with Crippen LogP contribution in [0.2, 0.25) is 0 Å². The Labute approximate surface area is 153 Å². The largest absolute Gasteiger partial charge is 0.297 e. The Morgan fingerprint density at radius 1 is 1.08 bits per heavy atom. The smallest absolute Gasteiger partial charge is 0.246 e. The van der Waals surface area contributed by atoms with Gasteiger partial charge in [0.15, 0.2) is 4.96 Å². The number of fused-ring (bicyclic) bond motifs is 1. The van der Waals surface area contributed by atoms with Crippen molar-refractivity contribution in [2.45, 2.75) is 77.0 Å². The summed E-state index contributed by atoms with van der Waals surface area (Å²) in [4.78, 5) is 17.5. The molecule has 1 fully saturated rings. The van der Waals surface area contributed by atoms with Gasteiger partial charge in [-0.1, -0.05) is 44.9 Å². The minimum absolute atomic E-state index is 0.0793. The number of rotatable bonds is 3. The number of hydrogen-bond donors (Lipinski definition) is 1. The molecule has 0 aromatic carbocycles. The van der Waals surface area contributed by atoms with Crippen molar-refractivity contribution in [1.29, 1.82) is 0 Å². The third kappa shape index (κ3) is 5.96. The Hall–Kier alpha value is -1.69. The predicted octanol–water partition coefficient (Wildman–Crippen LogP) is 4.72. The molecular weight excluding hydrogens is 332 g/mol. The number of nitrogens with zero attached hydrogens (tertiary/aromatic N) is 3. The van der Waals surface area contributed by atoms with E-state index in [1.807, 2.05) is 22.2 Å². The SMILES string of the molecule is O=C(Cc1cn2ccsc2n1)NN=C1CCCCCCCCCCC1. The van der Waals surface area contributed by atoms with Crippen LogP contribution in [-0.4, -0.2) is 21.0 Å². The van der Waals surface area contributed by atoms with Gasteiger partial charge in [0.1, 0.15) is 0 Å². The first-order chi connectivity index (χ1) is 12.3. The van der Waals surface area contributed by atoms with Crippen molar-refractivity contribution in [2.24, 2.45) is 5.10 Å². The monoisotopic (exact) mass is 360 g/mol. The van der Waals surface area contributed by atoms with Crippen LogP contribution in [0.15, 0.2) is 22.9 Å². The van der Waals surface area contributed by atoms with Crippen LogP contribution in [0.4, 0.5) is 0 Å². The van der Waals surface area contributed by atoms with Gasteiger partial charge in [-0.15, -0.1) is 11.3 Å². The van der Waals surface area contributed by atoms with Crippen molar-refractivity contribution < 1.29 is 4.79 Å². The molecule has 2 heterocycles. The standard InChI is InChI=1S/C19H28N4OS/c24-18(14-17-15-23-12-13-25-19(23)20-17)22-21-16-10-8-6-4-2-1-3-5-7-9-11-16/h12-13,15H,1-11,14H2,(H,22,24). The number of carbonyl (C=O) groups is 1. The summed E-state index contributed by atoms with van der Waals surface area (Å²) >= 11 is 1.58. The van der Waals surface area contributed by atoms with Gasteiger partial charge in [0, 0.05) is 23.5 Å². The molecule has 2 aromatic heterocycles. The van der Waals surface area contributed by atoms with Crippen LogP contribution in [-0.2, 0) is 11.2 Å². The van der Waals surface area contributed by atoms with E-state index < -0.39 is 0 Å². The Morgan fingerprint density at radius 3 is 2.36 bits per heavy atom. The molecule has 0 saturated heterocycles. The molecule has 5 nitrogen and oxygen atoms in total. The summed E-state index contributed by atoms with van der Waals surface area (Å²) in [6.45, 7) is 0. The van der Waals surface area contributed by atoms with Gasteiger partial charge in [-0.2, -0.15) is 5.10 Å². The first-order valence-electron chi connectivity index (χ1n) is 9.56. The van der Waals surface area contributed by atoms with E-state index in [1.54, 1.807) is 11.3 Å². The van der Waals surface area contributed by atoms with E-state index in [9.17, 15) is 4.79 Å². The van der Waals surface area contributed by atoms with Gasteiger partial charge >= 0.3 is 0 Å². The molecule has 0 unspecified atom stereocenters. The summed E-state index contributed by atoms with van der Waals surface area (Å²) in [5.74, 6) is -0.0793. The topological polar surface area (TPSA) is 58.8 Å². The molecule has 136 valence electrons. The lowest BCUT2D eigenvalue weighted by Gasteiger charge is -2.09. The van der Waals surface area contributed by atoms with Crippen molar-refractivity contribution in [3.8, 4) is 0 Å². The molecule has 1 saturated carbocycles. The molecule has 6 heteroatoms. The van der Waals surface area contributed by atoms with Gasteiger partial charge in [-0.3, -0.25) is 9.20 Å². The Kier molecular flexibility index (Phi) is 7.03. The quantitative estimate of drug-likeness (QED) is 0.806. The second-order valence-electron chi connectivity index (χ2n) is 6.90. The Bertz CT molecular complexity index is 661. The van der Waals surface area contributed by atoms with Crippen LogP contribution in [0.3, 0.4) is 0 Å². The fraction of sp³-hybridized carbons (Fsp3) is 0.632. The summed E-state index contributed by atoms with van der Waals surface area (Å²) < 4.78 is 1.95. The van der Waals surface area contributed by atoms with Crippen molar-refractivity contribution >= 4 is 27.9 Å². The molecule has 0 atom stereocenters. The molecule has 0 radical (unpaired) electrons. The lowest BCUT2D eigenvalue weighted by atomic mass is 10.00. The van der Waals surface area contributed by atoms with Crippen molar-refractivity contribution in [3.63, 3.8) is 0 Å². The van der Waals surface area contributed by atoms with E-state index in [2.05, 4.69) is 15.5 Å². The normalized spacial score (nSPS) is 17.7. The number of imidazole rings is 1. The molecular formula is C19H28N4OS. The first kappa shape index (κ1) is 18.1. The van der Waals surface area contributed by atoms with Crippen molar-refractivity contribution in [1.82, 2.24) is 14.8 Å². The summed E-state index contributed by atoms with van der Waals surface area (Å²) in [6.07, 6.45) is 17.9. The Balaban J connectivity index is 1.50. The summed E-state index contributed by atoms with van der Waals surface area (Å²) in [7, 11) is 0. The van der Waals surface area contributed by atoms with Gasteiger partial charge in [0.25, 0.3) is 0 Å². The molecule has 0 spiro atoms. The van der Waals surface area contributed by atoms with Crippen LogP contribution in [0.25, 0.3) is 4.96 Å². The molecule has 0 bridgehead atoms. The summed E-state index contributed by atoms with van der Waals surface area (Å²) in [6, 6.07) is 0. The average molecular weight is 361 g/mol.